The summed E-state index contributed by atoms with van der Waals surface area (Å²) >= 11 is 1.43. The van der Waals surface area contributed by atoms with Crippen LogP contribution in [0.15, 0.2) is 24.5 Å². The van der Waals surface area contributed by atoms with Crippen LogP contribution in [-0.2, 0) is 0 Å². The van der Waals surface area contributed by atoms with Crippen molar-refractivity contribution in [2.75, 3.05) is 25.1 Å². The third-order valence-electron chi connectivity index (χ3n) is 7.36. The number of thiophene rings is 1. The fraction of sp³-hybridized carbons (Fsp3) is 0.360. The average Bonchev–Trinajstić information content (AvgIpc) is 3.58. The average molecular weight is 508 g/mol. The van der Waals surface area contributed by atoms with Gasteiger partial charge in [-0.1, -0.05) is 0 Å². The first-order chi connectivity index (χ1) is 17.5. The molecule has 1 aromatic carbocycles. The number of hydrogen-bond acceptors (Lipinski definition) is 8. The normalized spacial score (nSPS) is 19.9. The lowest BCUT2D eigenvalue weighted by atomic mass is 9.95. The molecular weight excluding hydrogens is 484 g/mol. The van der Waals surface area contributed by atoms with Crippen LogP contribution in [0.5, 0.6) is 6.01 Å². The first kappa shape index (κ1) is 21.8. The largest absolute Gasteiger partial charge is 0.467 e. The number of alkyl halides is 2. The zero-order valence-corrected chi connectivity index (χ0v) is 20.5. The van der Waals surface area contributed by atoms with Gasteiger partial charge in [0.1, 0.15) is 10.6 Å². The Morgan fingerprint density at radius 1 is 1.17 bits per heavy atom. The van der Waals surface area contributed by atoms with Crippen molar-refractivity contribution in [3.05, 3.63) is 35.7 Å². The predicted molar refractivity (Wildman–Crippen MR) is 136 cm³/mol. The fourth-order valence-electron chi connectivity index (χ4n) is 5.81. The lowest BCUT2D eigenvalue weighted by Gasteiger charge is -2.34. The van der Waals surface area contributed by atoms with Crippen LogP contribution in [0, 0.1) is 6.92 Å². The van der Waals surface area contributed by atoms with Gasteiger partial charge in [0.25, 0.3) is 6.43 Å². The number of halogens is 2. The van der Waals surface area contributed by atoms with E-state index in [0.717, 1.165) is 52.1 Å². The van der Waals surface area contributed by atoms with E-state index in [9.17, 15) is 8.78 Å². The van der Waals surface area contributed by atoms with Crippen LogP contribution in [0.3, 0.4) is 0 Å². The van der Waals surface area contributed by atoms with E-state index in [1.54, 1.807) is 32.5 Å². The van der Waals surface area contributed by atoms with Crippen molar-refractivity contribution in [1.29, 1.82) is 0 Å². The van der Waals surface area contributed by atoms with Crippen LogP contribution in [0.2, 0.25) is 0 Å². The fourth-order valence-corrected chi connectivity index (χ4v) is 6.96. The molecule has 2 fully saturated rings. The standard InChI is InChI=1S/C25H23F2N7OS/c1-11-7-16-15(8-29-33-16)18(17(11)22(26)27)20-21-14(5-6-28-20)19-23(31-25(35-2)32-24(19)36-21)34-9-12-3-4-13(10-34)30-12/h5-8,12-13,22,30H,3-4,9-10H2,1-2H3,(H,29,33). The minimum absolute atomic E-state index is 0.0241. The Hall–Kier alpha value is -3.44. The van der Waals surface area contributed by atoms with Crippen LogP contribution in [-0.4, -0.2) is 57.4 Å². The summed E-state index contributed by atoms with van der Waals surface area (Å²) in [7, 11) is 1.56. The molecule has 0 aliphatic carbocycles. The van der Waals surface area contributed by atoms with E-state index in [0.29, 0.717) is 45.8 Å². The van der Waals surface area contributed by atoms with Gasteiger partial charge in [-0.2, -0.15) is 15.1 Å². The van der Waals surface area contributed by atoms with E-state index in [4.69, 9.17) is 9.72 Å². The van der Waals surface area contributed by atoms with Crippen molar-refractivity contribution in [1.82, 2.24) is 30.5 Å². The molecular formula is C25H23F2N7OS. The van der Waals surface area contributed by atoms with E-state index in [1.807, 2.05) is 6.07 Å². The molecule has 6 heterocycles. The van der Waals surface area contributed by atoms with Crippen LogP contribution >= 0.6 is 11.3 Å². The number of hydrogen-bond donors (Lipinski definition) is 2. The van der Waals surface area contributed by atoms with E-state index in [1.165, 1.54) is 11.3 Å². The lowest BCUT2D eigenvalue weighted by Crippen LogP contribution is -2.51. The number of benzene rings is 1. The molecule has 2 atom stereocenters. The molecule has 2 unspecified atom stereocenters. The van der Waals surface area contributed by atoms with Gasteiger partial charge in [-0.05, 0) is 37.5 Å². The summed E-state index contributed by atoms with van der Waals surface area (Å²) in [4.78, 5) is 17.1. The van der Waals surface area contributed by atoms with E-state index < -0.39 is 6.43 Å². The summed E-state index contributed by atoms with van der Waals surface area (Å²) in [6.45, 7) is 3.40. The smallest absolute Gasteiger partial charge is 0.319 e. The maximum atomic E-state index is 14.4. The minimum atomic E-state index is -2.66. The van der Waals surface area contributed by atoms with Gasteiger partial charge in [-0.3, -0.25) is 10.1 Å². The van der Waals surface area contributed by atoms with Crippen molar-refractivity contribution in [2.24, 2.45) is 0 Å². The third-order valence-corrected chi connectivity index (χ3v) is 8.46. The van der Waals surface area contributed by atoms with Gasteiger partial charge < -0.3 is 15.0 Å². The highest BCUT2D eigenvalue weighted by Gasteiger charge is 2.34. The van der Waals surface area contributed by atoms with Gasteiger partial charge in [0, 0.05) is 53.3 Å². The molecule has 0 saturated carbocycles. The van der Waals surface area contributed by atoms with Crippen molar-refractivity contribution in [3.8, 4) is 17.3 Å². The van der Waals surface area contributed by atoms with Gasteiger partial charge in [0.15, 0.2) is 0 Å². The second kappa shape index (κ2) is 8.04. The lowest BCUT2D eigenvalue weighted by molar-refractivity contribution is 0.151. The molecule has 2 N–H and O–H groups in total. The number of aromatic amines is 1. The molecule has 0 amide bonds. The molecule has 184 valence electrons. The van der Waals surface area contributed by atoms with Gasteiger partial charge >= 0.3 is 6.01 Å². The molecule has 4 aromatic heterocycles. The molecule has 0 spiro atoms. The Labute approximate surface area is 208 Å². The predicted octanol–water partition coefficient (Wildman–Crippen LogP) is 4.98. The number of fused-ring (bicyclic) bond motifs is 6. The molecule has 2 bridgehead atoms. The number of nitrogens with one attached hydrogen (secondary N) is 2. The molecule has 8 nitrogen and oxygen atoms in total. The van der Waals surface area contributed by atoms with Crippen LogP contribution < -0.4 is 15.0 Å². The summed E-state index contributed by atoms with van der Waals surface area (Å²) in [6, 6.07) is 4.80. The molecule has 0 radical (unpaired) electrons. The summed E-state index contributed by atoms with van der Waals surface area (Å²) in [5, 5.41) is 13.1. The zero-order chi connectivity index (χ0) is 24.6. The molecule has 7 rings (SSSR count). The van der Waals surface area contributed by atoms with Gasteiger partial charge in [0.2, 0.25) is 0 Å². The van der Waals surface area contributed by atoms with E-state index in [-0.39, 0.29) is 5.56 Å². The molecule has 2 aliphatic heterocycles. The maximum Gasteiger partial charge on any atom is 0.319 e. The monoisotopic (exact) mass is 507 g/mol. The highest BCUT2D eigenvalue weighted by atomic mass is 32.1. The summed E-state index contributed by atoms with van der Waals surface area (Å²) in [5.74, 6) is 0.824. The third kappa shape index (κ3) is 3.19. The number of aryl methyl sites for hydroxylation is 1. The first-order valence-corrected chi connectivity index (χ1v) is 12.7. The minimum Gasteiger partial charge on any atom is -0.467 e. The highest BCUT2D eigenvalue weighted by Crippen LogP contribution is 2.46. The van der Waals surface area contributed by atoms with Gasteiger partial charge in [0.05, 0.1) is 34.6 Å². The van der Waals surface area contributed by atoms with Gasteiger partial charge in [-0.15, -0.1) is 11.3 Å². The molecule has 2 saturated heterocycles. The maximum absolute atomic E-state index is 14.4. The van der Waals surface area contributed by atoms with Crippen LogP contribution in [0.4, 0.5) is 14.6 Å². The van der Waals surface area contributed by atoms with E-state index in [2.05, 4.69) is 30.4 Å². The van der Waals surface area contributed by atoms with Crippen molar-refractivity contribution in [3.63, 3.8) is 0 Å². The quantitative estimate of drug-likeness (QED) is 0.355. The first-order valence-electron chi connectivity index (χ1n) is 11.9. The summed E-state index contributed by atoms with van der Waals surface area (Å²) in [5.41, 5.74) is 2.09. The second-order valence-corrected chi connectivity index (χ2v) is 10.5. The molecule has 5 aromatic rings. The summed E-state index contributed by atoms with van der Waals surface area (Å²) < 4.78 is 35.0. The molecule has 36 heavy (non-hydrogen) atoms. The zero-order valence-electron chi connectivity index (χ0n) is 19.7. The number of H-pyrrole nitrogens is 1. The van der Waals surface area contributed by atoms with Crippen molar-refractivity contribution in [2.45, 2.75) is 38.3 Å². The number of piperazine rings is 1. The number of nitrogens with zero attached hydrogens (tertiary/aromatic N) is 5. The highest BCUT2D eigenvalue weighted by molar-refractivity contribution is 7.26. The number of ether oxygens (including phenoxy) is 1. The van der Waals surface area contributed by atoms with Gasteiger partial charge in [-0.25, -0.2) is 8.78 Å². The summed E-state index contributed by atoms with van der Waals surface area (Å²) in [6.07, 6.45) is 2.92. The Kier molecular flexibility index (Phi) is 4.87. The number of aromatic nitrogens is 5. The molecule has 2 aliphatic rings. The number of rotatable bonds is 4. The number of anilines is 1. The Morgan fingerprint density at radius 2 is 1.97 bits per heavy atom. The Morgan fingerprint density at radius 3 is 2.72 bits per heavy atom. The van der Waals surface area contributed by atoms with Crippen molar-refractivity contribution < 1.29 is 13.5 Å². The van der Waals surface area contributed by atoms with E-state index >= 15 is 0 Å². The number of pyridine rings is 1. The Bertz CT molecular complexity index is 1640. The van der Waals surface area contributed by atoms with Crippen molar-refractivity contribution >= 4 is 48.4 Å². The Balaban J connectivity index is 1.52. The molecule has 11 heteroatoms. The van der Waals surface area contributed by atoms with Crippen LogP contribution in [0.25, 0.3) is 42.5 Å². The number of methoxy groups -OCH3 is 1. The topological polar surface area (TPSA) is 91.8 Å². The second-order valence-electron chi connectivity index (χ2n) is 9.51. The van der Waals surface area contributed by atoms with Crippen LogP contribution in [0.1, 0.15) is 30.4 Å². The SMILES string of the molecule is COc1nc(N2CC3CCC(C2)N3)c2c(n1)sc1c(-c3c(C(F)F)c(C)cc4[nH]ncc34)nccc12.